The second-order valence-corrected chi connectivity index (χ2v) is 7.38. The number of likely N-dealkylation sites (tertiary alicyclic amines) is 1. The Morgan fingerprint density at radius 1 is 1.11 bits per heavy atom. The fourth-order valence-corrected chi connectivity index (χ4v) is 3.66. The van der Waals surface area contributed by atoms with Gasteiger partial charge in [-0.25, -0.2) is 0 Å². The van der Waals surface area contributed by atoms with Crippen molar-refractivity contribution in [3.8, 4) is 0 Å². The third-order valence-corrected chi connectivity index (χ3v) is 5.31. The molecule has 2 aromatic carbocycles. The second-order valence-electron chi connectivity index (χ2n) is 7.38. The molecule has 5 heteroatoms. The van der Waals surface area contributed by atoms with Gasteiger partial charge in [0.1, 0.15) is 12.3 Å². The summed E-state index contributed by atoms with van der Waals surface area (Å²) in [7, 11) is 0. The maximum Gasteiger partial charge on any atom is 0.307 e. The van der Waals surface area contributed by atoms with Gasteiger partial charge in [-0.15, -0.1) is 0 Å². The molecule has 0 saturated carbocycles. The third-order valence-electron chi connectivity index (χ3n) is 5.31. The molecule has 1 aliphatic rings. The second kappa shape index (κ2) is 9.51. The average molecular weight is 380 g/mol. The van der Waals surface area contributed by atoms with Crippen molar-refractivity contribution in [2.24, 2.45) is 11.1 Å². The highest BCUT2D eigenvalue weighted by Crippen LogP contribution is 2.19. The Kier molecular flexibility index (Phi) is 6.82. The summed E-state index contributed by atoms with van der Waals surface area (Å²) in [6.07, 6.45) is 1.67. The SMILES string of the molecule is Cc1ccccc1C(=NOCCN1CCC[C@H](C(=O)O)C1)c1ccccc1C. The summed E-state index contributed by atoms with van der Waals surface area (Å²) in [6.45, 7) is 6.77. The Morgan fingerprint density at radius 2 is 1.71 bits per heavy atom. The Labute approximate surface area is 166 Å². The van der Waals surface area contributed by atoms with Crippen LogP contribution in [0.3, 0.4) is 0 Å². The molecule has 2 aromatic rings. The largest absolute Gasteiger partial charge is 0.481 e. The number of oxime groups is 1. The monoisotopic (exact) mass is 380 g/mol. The van der Waals surface area contributed by atoms with Crippen LogP contribution in [-0.2, 0) is 9.63 Å². The minimum Gasteiger partial charge on any atom is -0.481 e. The summed E-state index contributed by atoms with van der Waals surface area (Å²) < 4.78 is 0. The summed E-state index contributed by atoms with van der Waals surface area (Å²) in [5.74, 6) is -0.975. The number of carboxylic acids is 1. The van der Waals surface area contributed by atoms with Gasteiger partial charge in [-0.05, 0) is 44.4 Å². The van der Waals surface area contributed by atoms with E-state index < -0.39 is 5.97 Å². The van der Waals surface area contributed by atoms with E-state index in [1.54, 1.807) is 0 Å². The van der Waals surface area contributed by atoms with Crippen LogP contribution in [-0.4, -0.2) is 47.9 Å². The van der Waals surface area contributed by atoms with Crippen LogP contribution >= 0.6 is 0 Å². The Balaban J connectivity index is 1.71. The van der Waals surface area contributed by atoms with Crippen LogP contribution in [0, 0.1) is 19.8 Å². The first-order chi connectivity index (χ1) is 13.6. The van der Waals surface area contributed by atoms with E-state index in [9.17, 15) is 9.90 Å². The first-order valence-electron chi connectivity index (χ1n) is 9.83. The zero-order valence-electron chi connectivity index (χ0n) is 16.6. The zero-order valence-corrected chi connectivity index (χ0v) is 16.6. The molecule has 0 spiro atoms. The minimum absolute atomic E-state index is 0.272. The molecular formula is C23H28N2O3. The van der Waals surface area contributed by atoms with E-state index in [1.807, 2.05) is 24.3 Å². The number of benzene rings is 2. The quantitative estimate of drug-likeness (QED) is 0.450. The predicted octanol–water partition coefficient (Wildman–Crippen LogP) is 3.87. The van der Waals surface area contributed by atoms with Gasteiger partial charge in [0, 0.05) is 24.2 Å². The van der Waals surface area contributed by atoms with E-state index in [0.717, 1.165) is 47.4 Å². The number of hydrogen-bond acceptors (Lipinski definition) is 4. The molecule has 0 unspecified atom stereocenters. The molecule has 0 amide bonds. The van der Waals surface area contributed by atoms with Crippen molar-refractivity contribution in [1.29, 1.82) is 0 Å². The molecule has 148 valence electrons. The van der Waals surface area contributed by atoms with Gasteiger partial charge in [0.05, 0.1) is 5.92 Å². The van der Waals surface area contributed by atoms with Crippen molar-refractivity contribution in [3.05, 3.63) is 70.8 Å². The third kappa shape index (κ3) is 4.98. The molecule has 0 radical (unpaired) electrons. The van der Waals surface area contributed by atoms with Crippen LogP contribution in [0.2, 0.25) is 0 Å². The fraction of sp³-hybridized carbons (Fsp3) is 0.391. The van der Waals surface area contributed by atoms with E-state index >= 15 is 0 Å². The topological polar surface area (TPSA) is 62.1 Å². The van der Waals surface area contributed by atoms with Crippen molar-refractivity contribution >= 4 is 11.7 Å². The maximum atomic E-state index is 11.2. The van der Waals surface area contributed by atoms with Gasteiger partial charge < -0.3 is 9.94 Å². The zero-order chi connectivity index (χ0) is 19.9. The first kappa shape index (κ1) is 20.1. The molecule has 0 aromatic heterocycles. The Bertz CT molecular complexity index is 800. The van der Waals surface area contributed by atoms with Crippen LogP contribution < -0.4 is 0 Å². The Hall–Kier alpha value is -2.66. The van der Waals surface area contributed by atoms with Crippen molar-refractivity contribution in [1.82, 2.24) is 4.90 Å². The number of piperidine rings is 1. The van der Waals surface area contributed by atoms with Gasteiger partial charge >= 0.3 is 5.97 Å². The number of rotatable bonds is 7. The smallest absolute Gasteiger partial charge is 0.307 e. The van der Waals surface area contributed by atoms with E-state index in [0.29, 0.717) is 19.7 Å². The van der Waals surface area contributed by atoms with Crippen LogP contribution in [0.15, 0.2) is 53.7 Å². The highest BCUT2D eigenvalue weighted by molar-refractivity contribution is 6.14. The van der Waals surface area contributed by atoms with E-state index in [-0.39, 0.29) is 5.92 Å². The lowest BCUT2D eigenvalue weighted by molar-refractivity contribution is -0.143. The van der Waals surface area contributed by atoms with Gasteiger partial charge in [-0.1, -0.05) is 53.7 Å². The van der Waals surface area contributed by atoms with Gasteiger partial charge in [-0.3, -0.25) is 9.69 Å². The van der Waals surface area contributed by atoms with Crippen molar-refractivity contribution in [2.45, 2.75) is 26.7 Å². The molecule has 1 aliphatic heterocycles. The van der Waals surface area contributed by atoms with Crippen molar-refractivity contribution < 1.29 is 14.7 Å². The fourth-order valence-electron chi connectivity index (χ4n) is 3.66. The number of hydrogen-bond donors (Lipinski definition) is 1. The van der Waals surface area contributed by atoms with E-state index in [4.69, 9.17) is 4.84 Å². The van der Waals surface area contributed by atoms with Crippen LogP contribution in [0.4, 0.5) is 0 Å². The molecule has 0 aliphatic carbocycles. The lowest BCUT2D eigenvalue weighted by atomic mass is 9.95. The summed E-state index contributed by atoms with van der Waals surface area (Å²) in [5.41, 5.74) is 5.24. The minimum atomic E-state index is -0.704. The molecule has 3 rings (SSSR count). The molecule has 5 nitrogen and oxygen atoms in total. The summed E-state index contributed by atoms with van der Waals surface area (Å²) in [5, 5.41) is 13.7. The van der Waals surface area contributed by atoms with Crippen molar-refractivity contribution in [2.75, 3.05) is 26.2 Å². The lowest BCUT2D eigenvalue weighted by Crippen LogP contribution is -2.40. The average Bonchev–Trinajstić information content (AvgIpc) is 2.70. The molecule has 28 heavy (non-hydrogen) atoms. The normalized spacial score (nSPS) is 17.1. The molecule has 1 N–H and O–H groups in total. The van der Waals surface area contributed by atoms with Gasteiger partial charge in [0.25, 0.3) is 0 Å². The summed E-state index contributed by atoms with van der Waals surface area (Å²) in [4.78, 5) is 19.1. The molecule has 1 heterocycles. The van der Waals surface area contributed by atoms with Gasteiger partial charge in [0.15, 0.2) is 0 Å². The standard InChI is InChI=1S/C23H28N2O3/c1-17-8-3-5-11-20(17)22(21-12-6-4-9-18(21)2)24-28-15-14-25-13-7-10-19(16-25)23(26)27/h3-6,8-9,11-12,19H,7,10,13-16H2,1-2H3,(H,26,27)/t19-/m0/s1. The highest BCUT2D eigenvalue weighted by Gasteiger charge is 2.25. The number of carbonyl (C=O) groups is 1. The van der Waals surface area contributed by atoms with Crippen molar-refractivity contribution in [3.63, 3.8) is 0 Å². The van der Waals surface area contributed by atoms with Crippen LogP contribution in [0.1, 0.15) is 35.1 Å². The maximum absolute atomic E-state index is 11.2. The number of aryl methyl sites for hydroxylation is 2. The van der Waals surface area contributed by atoms with E-state index in [2.05, 4.69) is 48.2 Å². The molecule has 1 atom stereocenters. The Morgan fingerprint density at radius 3 is 2.29 bits per heavy atom. The first-order valence-corrected chi connectivity index (χ1v) is 9.83. The molecule has 0 bridgehead atoms. The summed E-state index contributed by atoms with van der Waals surface area (Å²) >= 11 is 0. The van der Waals surface area contributed by atoms with Crippen LogP contribution in [0.25, 0.3) is 0 Å². The predicted molar refractivity (Wildman–Crippen MR) is 111 cm³/mol. The number of nitrogens with zero attached hydrogens (tertiary/aromatic N) is 2. The summed E-state index contributed by atoms with van der Waals surface area (Å²) in [6, 6.07) is 16.3. The van der Waals surface area contributed by atoms with E-state index in [1.165, 1.54) is 0 Å². The molecule has 1 saturated heterocycles. The van der Waals surface area contributed by atoms with Gasteiger partial charge in [-0.2, -0.15) is 0 Å². The number of carboxylic acid groups (broad SMARTS) is 1. The number of aliphatic carboxylic acids is 1. The molecule has 1 fully saturated rings. The van der Waals surface area contributed by atoms with Crippen LogP contribution in [0.5, 0.6) is 0 Å². The highest BCUT2D eigenvalue weighted by atomic mass is 16.6. The lowest BCUT2D eigenvalue weighted by Gasteiger charge is -2.30. The molecular weight excluding hydrogens is 352 g/mol. The van der Waals surface area contributed by atoms with Gasteiger partial charge in [0.2, 0.25) is 0 Å².